The van der Waals surface area contributed by atoms with Crippen LogP contribution in [0.3, 0.4) is 0 Å². The van der Waals surface area contributed by atoms with Gasteiger partial charge >= 0.3 is 12.2 Å². The molecule has 0 saturated carbocycles. The quantitative estimate of drug-likeness (QED) is 0.315. The van der Waals surface area contributed by atoms with Crippen LogP contribution in [0.25, 0.3) is 27.5 Å². The SMILES string of the molecule is CN1C[C@H](F)C[C@H]1COc1nc(N2CCN[C@@H](CC#N)C2)c2nc(C(F)(F)F)n(-c3cccc4cccc(Cl)c34)c(=O)c2n1. The fourth-order valence-corrected chi connectivity index (χ4v) is 6.12. The second kappa shape index (κ2) is 11.8. The zero-order valence-corrected chi connectivity index (χ0v) is 24.2. The molecule has 6 rings (SSSR count). The number of likely N-dealkylation sites (tertiary alicyclic amines) is 1. The van der Waals surface area contributed by atoms with Crippen molar-refractivity contribution in [2.45, 2.75) is 37.3 Å². The third kappa shape index (κ3) is 5.62. The Balaban J connectivity index is 1.57. The minimum absolute atomic E-state index is 0.00165. The Morgan fingerprint density at radius 1 is 1.14 bits per heavy atom. The zero-order chi connectivity index (χ0) is 31.2. The molecule has 0 amide bonds. The molecule has 0 unspecified atom stereocenters. The molecule has 4 aromatic rings. The van der Waals surface area contributed by atoms with Crippen LogP contribution in [0.2, 0.25) is 5.02 Å². The van der Waals surface area contributed by atoms with E-state index in [0.29, 0.717) is 23.0 Å². The highest BCUT2D eigenvalue weighted by Gasteiger charge is 2.40. The van der Waals surface area contributed by atoms with E-state index in [1.54, 1.807) is 35.0 Å². The van der Waals surface area contributed by atoms with Crippen molar-refractivity contribution < 1.29 is 22.3 Å². The van der Waals surface area contributed by atoms with Crippen molar-refractivity contribution in [3.8, 4) is 17.8 Å². The summed E-state index contributed by atoms with van der Waals surface area (Å²) in [5.74, 6) is -1.49. The van der Waals surface area contributed by atoms with E-state index in [1.165, 1.54) is 18.2 Å². The summed E-state index contributed by atoms with van der Waals surface area (Å²) < 4.78 is 64.4. The molecule has 10 nitrogen and oxygen atoms in total. The van der Waals surface area contributed by atoms with E-state index in [-0.39, 0.29) is 83.6 Å². The van der Waals surface area contributed by atoms with Crippen molar-refractivity contribution in [1.29, 1.82) is 5.26 Å². The molecule has 4 heterocycles. The van der Waals surface area contributed by atoms with Gasteiger partial charge in [0.05, 0.1) is 23.2 Å². The Bertz CT molecular complexity index is 1820. The average molecular weight is 631 g/mol. The predicted molar refractivity (Wildman–Crippen MR) is 156 cm³/mol. The van der Waals surface area contributed by atoms with Gasteiger partial charge in [-0.25, -0.2) is 9.37 Å². The molecule has 3 atom stereocenters. The molecule has 44 heavy (non-hydrogen) atoms. The number of ether oxygens (including phenoxy) is 1. The monoisotopic (exact) mass is 630 g/mol. The first-order chi connectivity index (χ1) is 21.0. The molecule has 0 radical (unpaired) electrons. The van der Waals surface area contributed by atoms with Crippen LogP contribution in [-0.4, -0.2) is 82.5 Å². The number of alkyl halides is 4. The van der Waals surface area contributed by atoms with Gasteiger partial charge in [-0.3, -0.25) is 14.3 Å². The molecule has 15 heteroatoms. The van der Waals surface area contributed by atoms with E-state index in [9.17, 15) is 27.6 Å². The summed E-state index contributed by atoms with van der Waals surface area (Å²) in [6.45, 7) is 1.19. The van der Waals surface area contributed by atoms with Crippen LogP contribution in [0.4, 0.5) is 23.4 Å². The van der Waals surface area contributed by atoms with E-state index in [1.807, 2.05) is 0 Å². The maximum Gasteiger partial charge on any atom is 0.450 e. The fourth-order valence-electron chi connectivity index (χ4n) is 5.84. The molecule has 230 valence electrons. The van der Waals surface area contributed by atoms with Crippen molar-refractivity contribution in [2.24, 2.45) is 0 Å². The molecule has 2 fully saturated rings. The van der Waals surface area contributed by atoms with E-state index in [2.05, 4.69) is 26.3 Å². The van der Waals surface area contributed by atoms with Gasteiger partial charge in [0.1, 0.15) is 18.3 Å². The molecular formula is C29H27ClF4N8O2. The minimum Gasteiger partial charge on any atom is -0.462 e. The van der Waals surface area contributed by atoms with E-state index in [0.717, 1.165) is 0 Å². The number of fused-ring (bicyclic) bond motifs is 2. The number of rotatable bonds is 6. The first kappa shape index (κ1) is 30.0. The summed E-state index contributed by atoms with van der Waals surface area (Å²) in [4.78, 5) is 30.3. The van der Waals surface area contributed by atoms with Crippen LogP contribution in [-0.2, 0) is 6.18 Å². The van der Waals surface area contributed by atoms with Gasteiger partial charge in [-0.2, -0.15) is 28.4 Å². The van der Waals surface area contributed by atoms with Gasteiger partial charge in [0.15, 0.2) is 11.3 Å². The Morgan fingerprint density at radius 3 is 2.61 bits per heavy atom. The second-order valence-electron chi connectivity index (χ2n) is 10.9. The molecule has 0 bridgehead atoms. The Morgan fingerprint density at radius 2 is 1.91 bits per heavy atom. The molecule has 2 aromatic heterocycles. The molecule has 0 spiro atoms. The number of hydrogen-bond donors (Lipinski definition) is 1. The second-order valence-corrected chi connectivity index (χ2v) is 11.3. The van der Waals surface area contributed by atoms with Crippen molar-refractivity contribution >= 4 is 39.2 Å². The van der Waals surface area contributed by atoms with E-state index >= 15 is 0 Å². The number of aromatic nitrogens is 4. The van der Waals surface area contributed by atoms with Crippen LogP contribution < -0.4 is 20.5 Å². The summed E-state index contributed by atoms with van der Waals surface area (Å²) in [5, 5.41) is 13.3. The summed E-state index contributed by atoms with van der Waals surface area (Å²) >= 11 is 6.44. The largest absolute Gasteiger partial charge is 0.462 e. The normalized spacial score (nSPS) is 21.2. The molecule has 2 aliphatic heterocycles. The van der Waals surface area contributed by atoms with Gasteiger partial charge in [0.2, 0.25) is 5.82 Å². The fraction of sp³-hybridized carbons (Fsp3) is 0.414. The summed E-state index contributed by atoms with van der Waals surface area (Å²) in [6.07, 6.45) is -5.69. The minimum atomic E-state index is -5.05. The first-order valence-corrected chi connectivity index (χ1v) is 14.3. The lowest BCUT2D eigenvalue weighted by molar-refractivity contribution is -0.146. The van der Waals surface area contributed by atoms with Gasteiger partial charge in [0.25, 0.3) is 5.56 Å². The Kier molecular flexibility index (Phi) is 8.04. The van der Waals surface area contributed by atoms with Crippen molar-refractivity contribution in [3.05, 3.63) is 57.6 Å². The molecule has 2 aliphatic rings. The van der Waals surface area contributed by atoms with Gasteiger partial charge < -0.3 is 15.0 Å². The summed E-state index contributed by atoms with van der Waals surface area (Å²) in [6, 6.07) is 10.7. The summed E-state index contributed by atoms with van der Waals surface area (Å²) in [5.41, 5.74) is -1.94. The number of nitrogens with zero attached hydrogens (tertiary/aromatic N) is 7. The predicted octanol–water partition coefficient (Wildman–Crippen LogP) is 4.11. The highest BCUT2D eigenvalue weighted by atomic mass is 35.5. The zero-order valence-electron chi connectivity index (χ0n) is 23.5. The lowest BCUT2D eigenvalue weighted by Gasteiger charge is -2.34. The van der Waals surface area contributed by atoms with Gasteiger partial charge in [-0.15, -0.1) is 0 Å². The van der Waals surface area contributed by atoms with Crippen molar-refractivity contribution in [1.82, 2.24) is 29.7 Å². The van der Waals surface area contributed by atoms with Gasteiger partial charge in [-0.1, -0.05) is 35.9 Å². The first-order valence-electron chi connectivity index (χ1n) is 14.0. The number of anilines is 1. The third-order valence-electron chi connectivity index (χ3n) is 7.94. The third-order valence-corrected chi connectivity index (χ3v) is 8.26. The smallest absolute Gasteiger partial charge is 0.450 e. The number of likely N-dealkylation sites (N-methyl/N-ethyl adjacent to an activating group) is 1. The maximum atomic E-state index is 14.7. The lowest BCUT2D eigenvalue weighted by Crippen LogP contribution is -2.51. The van der Waals surface area contributed by atoms with Gasteiger partial charge in [-0.05, 0) is 31.0 Å². The summed E-state index contributed by atoms with van der Waals surface area (Å²) in [7, 11) is 1.76. The van der Waals surface area contributed by atoms with E-state index in [4.69, 9.17) is 16.3 Å². The van der Waals surface area contributed by atoms with Crippen molar-refractivity contribution in [2.75, 3.05) is 44.7 Å². The standard InChI is InChI=1S/C29H27ClF4N8O2/c1-40-13-17(31)12-19(40)15-44-28-38-24-23(25(39-28)41-11-10-36-18(14-41)8-9-35)37-27(29(32,33)34)42(26(24)43)21-7-3-5-16-4-2-6-20(30)22(16)21/h2-7,17-19,36H,8,10-15H2,1H3/t17-,18+,19+/m1/s1. The highest BCUT2D eigenvalue weighted by Crippen LogP contribution is 2.35. The number of nitrogens with one attached hydrogen (secondary N) is 1. The van der Waals surface area contributed by atoms with Crippen LogP contribution in [0.1, 0.15) is 18.7 Å². The number of nitriles is 1. The highest BCUT2D eigenvalue weighted by molar-refractivity contribution is 6.36. The molecule has 1 N–H and O–H groups in total. The number of halogens is 5. The Hall–Kier alpha value is -4.06. The molecule has 2 saturated heterocycles. The number of benzene rings is 2. The molecule has 2 aromatic carbocycles. The lowest BCUT2D eigenvalue weighted by atomic mass is 10.1. The molecular weight excluding hydrogens is 604 g/mol. The maximum absolute atomic E-state index is 14.7. The van der Waals surface area contributed by atoms with E-state index < -0.39 is 23.7 Å². The number of piperazine rings is 1. The van der Waals surface area contributed by atoms with Crippen LogP contribution in [0, 0.1) is 11.3 Å². The van der Waals surface area contributed by atoms with Crippen molar-refractivity contribution in [3.63, 3.8) is 0 Å². The Labute approximate surface area is 253 Å². The average Bonchev–Trinajstić information content (AvgIpc) is 3.31. The molecule has 0 aliphatic carbocycles. The van der Waals surface area contributed by atoms with Crippen LogP contribution >= 0.6 is 11.6 Å². The van der Waals surface area contributed by atoms with Crippen LogP contribution in [0.5, 0.6) is 6.01 Å². The topological polar surface area (TPSA) is 112 Å². The van der Waals surface area contributed by atoms with Crippen LogP contribution in [0.15, 0.2) is 41.2 Å². The van der Waals surface area contributed by atoms with Gasteiger partial charge in [0, 0.05) is 43.6 Å². The number of hydrogen-bond acceptors (Lipinski definition) is 9.